The molecule has 108 valence electrons. The fourth-order valence-electron chi connectivity index (χ4n) is 1.80. The average molecular weight is 305 g/mol. The lowest BCUT2D eigenvalue weighted by atomic mass is 10.1. The standard InChI is InChI=1S/C15H13ClN2O3/c1-9-3-4-11(7-10(9)2)15(19)17-14-6-5-12(18(20)21)8-13(14)16/h3-8H,1-2H3,(H,17,19). The maximum atomic E-state index is 12.1. The van der Waals surface area contributed by atoms with Crippen LogP contribution in [-0.2, 0) is 0 Å². The van der Waals surface area contributed by atoms with E-state index in [1.165, 1.54) is 18.2 Å². The summed E-state index contributed by atoms with van der Waals surface area (Å²) in [6.45, 7) is 3.88. The molecule has 0 fully saturated rings. The molecule has 0 unspecified atom stereocenters. The van der Waals surface area contributed by atoms with Crippen molar-refractivity contribution in [3.63, 3.8) is 0 Å². The van der Waals surface area contributed by atoms with E-state index in [4.69, 9.17) is 11.6 Å². The monoisotopic (exact) mass is 304 g/mol. The number of hydrogen-bond acceptors (Lipinski definition) is 3. The first-order chi connectivity index (χ1) is 9.88. The molecule has 1 N–H and O–H groups in total. The van der Waals surface area contributed by atoms with Gasteiger partial charge < -0.3 is 5.32 Å². The van der Waals surface area contributed by atoms with Gasteiger partial charge in [-0.3, -0.25) is 14.9 Å². The van der Waals surface area contributed by atoms with E-state index in [1.807, 2.05) is 19.9 Å². The summed E-state index contributed by atoms with van der Waals surface area (Å²) >= 11 is 5.94. The number of amides is 1. The van der Waals surface area contributed by atoms with Crippen LogP contribution in [-0.4, -0.2) is 10.8 Å². The van der Waals surface area contributed by atoms with Gasteiger partial charge in [0.25, 0.3) is 11.6 Å². The van der Waals surface area contributed by atoms with E-state index in [0.29, 0.717) is 11.3 Å². The van der Waals surface area contributed by atoms with Crippen LogP contribution in [0.2, 0.25) is 5.02 Å². The number of carbonyl (C=O) groups is 1. The van der Waals surface area contributed by atoms with E-state index >= 15 is 0 Å². The summed E-state index contributed by atoms with van der Waals surface area (Å²) < 4.78 is 0. The minimum absolute atomic E-state index is 0.121. The summed E-state index contributed by atoms with van der Waals surface area (Å²) in [6, 6.07) is 9.28. The van der Waals surface area contributed by atoms with Crippen molar-refractivity contribution in [1.82, 2.24) is 0 Å². The van der Waals surface area contributed by atoms with Crippen molar-refractivity contribution in [2.24, 2.45) is 0 Å². The van der Waals surface area contributed by atoms with Gasteiger partial charge in [-0.2, -0.15) is 0 Å². The Morgan fingerprint density at radius 3 is 2.43 bits per heavy atom. The zero-order valence-corrected chi connectivity index (χ0v) is 12.3. The number of rotatable bonds is 3. The summed E-state index contributed by atoms with van der Waals surface area (Å²) in [5.41, 5.74) is 2.83. The van der Waals surface area contributed by atoms with Gasteiger partial charge in [-0.1, -0.05) is 17.7 Å². The number of benzene rings is 2. The Labute approximate surface area is 126 Å². The van der Waals surface area contributed by atoms with E-state index in [9.17, 15) is 14.9 Å². The molecule has 0 aliphatic rings. The van der Waals surface area contributed by atoms with Gasteiger partial charge in [0, 0.05) is 17.7 Å². The minimum Gasteiger partial charge on any atom is -0.321 e. The van der Waals surface area contributed by atoms with Crippen LogP contribution in [0.5, 0.6) is 0 Å². The molecule has 0 bridgehead atoms. The molecule has 6 heteroatoms. The highest BCUT2D eigenvalue weighted by Crippen LogP contribution is 2.27. The van der Waals surface area contributed by atoms with Gasteiger partial charge in [0.15, 0.2) is 0 Å². The molecule has 0 spiro atoms. The number of nitrogens with zero attached hydrogens (tertiary/aromatic N) is 1. The molecule has 0 heterocycles. The summed E-state index contributed by atoms with van der Waals surface area (Å²) in [6.07, 6.45) is 0. The lowest BCUT2D eigenvalue weighted by Crippen LogP contribution is -2.12. The average Bonchev–Trinajstić information content (AvgIpc) is 2.43. The van der Waals surface area contributed by atoms with Gasteiger partial charge in [0.05, 0.1) is 15.6 Å². The predicted molar refractivity (Wildman–Crippen MR) is 82.0 cm³/mol. The third kappa shape index (κ3) is 3.38. The Morgan fingerprint density at radius 2 is 1.86 bits per heavy atom. The van der Waals surface area contributed by atoms with E-state index in [0.717, 1.165) is 11.1 Å². The highest BCUT2D eigenvalue weighted by atomic mass is 35.5. The Hall–Kier alpha value is -2.40. The van der Waals surface area contributed by atoms with E-state index in [1.54, 1.807) is 12.1 Å². The number of hydrogen-bond donors (Lipinski definition) is 1. The van der Waals surface area contributed by atoms with Gasteiger partial charge in [-0.25, -0.2) is 0 Å². The van der Waals surface area contributed by atoms with Gasteiger partial charge in [0.2, 0.25) is 0 Å². The maximum absolute atomic E-state index is 12.1. The molecule has 0 saturated heterocycles. The molecule has 2 aromatic rings. The number of nitro groups is 1. The molecule has 0 atom stereocenters. The second kappa shape index (κ2) is 5.93. The van der Waals surface area contributed by atoms with Crippen molar-refractivity contribution in [2.45, 2.75) is 13.8 Å². The fourth-order valence-corrected chi connectivity index (χ4v) is 2.02. The van der Waals surface area contributed by atoms with Crippen LogP contribution >= 0.6 is 11.6 Å². The molecular formula is C15H13ClN2O3. The third-order valence-corrected chi connectivity index (χ3v) is 3.49. The first-order valence-electron chi connectivity index (χ1n) is 6.21. The van der Waals surface area contributed by atoms with Crippen molar-refractivity contribution < 1.29 is 9.72 Å². The zero-order valence-electron chi connectivity index (χ0n) is 11.5. The van der Waals surface area contributed by atoms with Crippen LogP contribution in [0.1, 0.15) is 21.5 Å². The van der Waals surface area contributed by atoms with Gasteiger partial charge >= 0.3 is 0 Å². The topological polar surface area (TPSA) is 72.2 Å². The highest BCUT2D eigenvalue weighted by molar-refractivity contribution is 6.34. The molecule has 0 aliphatic heterocycles. The Bertz CT molecular complexity index is 729. The number of nitro benzene ring substituents is 1. The summed E-state index contributed by atoms with van der Waals surface area (Å²) in [7, 11) is 0. The second-order valence-electron chi connectivity index (χ2n) is 4.67. The van der Waals surface area contributed by atoms with Crippen LogP contribution in [0, 0.1) is 24.0 Å². The molecule has 21 heavy (non-hydrogen) atoms. The number of non-ortho nitro benzene ring substituents is 1. The Kier molecular flexibility index (Phi) is 4.23. The summed E-state index contributed by atoms with van der Waals surface area (Å²) in [5.74, 6) is -0.311. The zero-order chi connectivity index (χ0) is 15.6. The van der Waals surface area contributed by atoms with Crippen LogP contribution in [0.3, 0.4) is 0 Å². The van der Waals surface area contributed by atoms with Crippen molar-refractivity contribution in [3.05, 3.63) is 68.2 Å². The molecule has 0 aliphatic carbocycles. The maximum Gasteiger partial charge on any atom is 0.271 e. The first kappa shape index (κ1) is 15.0. The number of halogens is 1. The van der Waals surface area contributed by atoms with Gasteiger partial charge in [0.1, 0.15) is 0 Å². The van der Waals surface area contributed by atoms with Crippen LogP contribution < -0.4 is 5.32 Å². The van der Waals surface area contributed by atoms with Gasteiger partial charge in [-0.05, 0) is 43.2 Å². The summed E-state index contributed by atoms with van der Waals surface area (Å²) in [4.78, 5) is 22.2. The molecule has 1 amide bonds. The molecule has 2 aromatic carbocycles. The van der Waals surface area contributed by atoms with Crippen LogP contribution in [0.15, 0.2) is 36.4 Å². The first-order valence-corrected chi connectivity index (χ1v) is 6.59. The molecule has 0 radical (unpaired) electrons. The largest absolute Gasteiger partial charge is 0.321 e. The van der Waals surface area contributed by atoms with E-state index in [2.05, 4.69) is 5.32 Å². The molecule has 0 aromatic heterocycles. The minimum atomic E-state index is -0.541. The number of nitrogens with one attached hydrogen (secondary N) is 1. The highest BCUT2D eigenvalue weighted by Gasteiger charge is 2.13. The van der Waals surface area contributed by atoms with Crippen LogP contribution in [0.4, 0.5) is 11.4 Å². The number of carbonyl (C=O) groups excluding carboxylic acids is 1. The third-order valence-electron chi connectivity index (χ3n) is 3.18. The van der Waals surface area contributed by atoms with Gasteiger partial charge in [-0.15, -0.1) is 0 Å². The van der Waals surface area contributed by atoms with Crippen molar-refractivity contribution in [1.29, 1.82) is 0 Å². The van der Waals surface area contributed by atoms with E-state index < -0.39 is 4.92 Å². The fraction of sp³-hybridized carbons (Fsp3) is 0.133. The smallest absolute Gasteiger partial charge is 0.271 e. The van der Waals surface area contributed by atoms with Crippen molar-refractivity contribution in [2.75, 3.05) is 5.32 Å². The lowest BCUT2D eigenvalue weighted by Gasteiger charge is -2.08. The SMILES string of the molecule is Cc1ccc(C(=O)Nc2ccc([N+](=O)[O-])cc2Cl)cc1C. The van der Waals surface area contributed by atoms with Crippen molar-refractivity contribution in [3.8, 4) is 0 Å². The van der Waals surface area contributed by atoms with E-state index in [-0.39, 0.29) is 16.6 Å². The number of aryl methyl sites for hydroxylation is 2. The molecule has 5 nitrogen and oxygen atoms in total. The number of anilines is 1. The Balaban J connectivity index is 2.23. The predicted octanol–water partition coefficient (Wildman–Crippen LogP) is 4.12. The van der Waals surface area contributed by atoms with Crippen molar-refractivity contribution >= 4 is 28.9 Å². The lowest BCUT2D eigenvalue weighted by molar-refractivity contribution is -0.384. The Morgan fingerprint density at radius 1 is 1.14 bits per heavy atom. The molecular weight excluding hydrogens is 292 g/mol. The second-order valence-corrected chi connectivity index (χ2v) is 5.08. The quantitative estimate of drug-likeness (QED) is 0.685. The molecule has 2 rings (SSSR count). The van der Waals surface area contributed by atoms with Crippen LogP contribution in [0.25, 0.3) is 0 Å². The molecule has 0 saturated carbocycles. The normalized spacial score (nSPS) is 10.2. The summed E-state index contributed by atoms with van der Waals surface area (Å²) in [5, 5.41) is 13.4.